The van der Waals surface area contributed by atoms with Gasteiger partial charge in [-0.1, -0.05) is 20.8 Å². The molecule has 2 N–H and O–H groups in total. The second-order valence-corrected chi connectivity index (χ2v) is 5.67. The highest BCUT2D eigenvalue weighted by atomic mass is 16.5. The van der Waals surface area contributed by atoms with Crippen LogP contribution in [0.4, 0.5) is 0 Å². The minimum atomic E-state index is 0.648. The van der Waals surface area contributed by atoms with Crippen molar-refractivity contribution in [3.63, 3.8) is 0 Å². The fourth-order valence-corrected chi connectivity index (χ4v) is 2.13. The number of rotatable bonds is 8. The van der Waals surface area contributed by atoms with Crippen LogP contribution in [-0.4, -0.2) is 23.3 Å². The van der Waals surface area contributed by atoms with Crippen molar-refractivity contribution in [2.75, 3.05) is 13.2 Å². The molecule has 0 saturated heterocycles. The van der Waals surface area contributed by atoms with Gasteiger partial charge in [-0.15, -0.1) is 0 Å². The lowest BCUT2D eigenvalue weighted by molar-refractivity contribution is 0.317. The van der Waals surface area contributed by atoms with Crippen LogP contribution in [0.1, 0.15) is 32.8 Å². The van der Waals surface area contributed by atoms with Gasteiger partial charge in [0.05, 0.1) is 18.5 Å². The Kier molecular flexibility index (Phi) is 5.81. The van der Waals surface area contributed by atoms with Gasteiger partial charge in [0.2, 0.25) is 0 Å². The van der Waals surface area contributed by atoms with Gasteiger partial charge in [0.1, 0.15) is 5.75 Å². The molecule has 2 aromatic rings. The standard InChI is InChI=1S/C17H25N3O/c1-4-9-21-16-7-5-14(6-8-16)17-15(12-19-20-17)11-18-10-13(2)3/h5-8,12-13,18H,4,9-11H2,1-3H3,(H,19,20). The van der Waals surface area contributed by atoms with Crippen molar-refractivity contribution >= 4 is 0 Å². The minimum absolute atomic E-state index is 0.648. The smallest absolute Gasteiger partial charge is 0.119 e. The predicted octanol–water partition coefficient (Wildman–Crippen LogP) is 3.61. The molecule has 1 heterocycles. The lowest BCUT2D eigenvalue weighted by atomic mass is 10.1. The summed E-state index contributed by atoms with van der Waals surface area (Å²) in [6, 6.07) is 8.17. The van der Waals surface area contributed by atoms with E-state index in [1.165, 1.54) is 5.56 Å². The highest BCUT2D eigenvalue weighted by Crippen LogP contribution is 2.23. The third-order valence-corrected chi connectivity index (χ3v) is 3.20. The summed E-state index contributed by atoms with van der Waals surface area (Å²) in [7, 11) is 0. The summed E-state index contributed by atoms with van der Waals surface area (Å²) in [5.41, 5.74) is 3.41. The van der Waals surface area contributed by atoms with E-state index in [1.54, 1.807) is 0 Å². The topological polar surface area (TPSA) is 49.9 Å². The predicted molar refractivity (Wildman–Crippen MR) is 86.4 cm³/mol. The highest BCUT2D eigenvalue weighted by molar-refractivity contribution is 5.63. The van der Waals surface area contributed by atoms with Gasteiger partial charge in [0.25, 0.3) is 0 Å². The van der Waals surface area contributed by atoms with E-state index in [-0.39, 0.29) is 0 Å². The molecule has 114 valence electrons. The number of aromatic nitrogens is 2. The molecule has 0 aliphatic heterocycles. The fourth-order valence-electron chi connectivity index (χ4n) is 2.13. The first-order valence-corrected chi connectivity index (χ1v) is 7.67. The average Bonchev–Trinajstić information content (AvgIpc) is 2.94. The maximum atomic E-state index is 5.61. The van der Waals surface area contributed by atoms with Crippen LogP contribution in [0.2, 0.25) is 0 Å². The van der Waals surface area contributed by atoms with Gasteiger partial charge >= 0.3 is 0 Å². The monoisotopic (exact) mass is 287 g/mol. The third-order valence-electron chi connectivity index (χ3n) is 3.20. The quantitative estimate of drug-likeness (QED) is 0.779. The lowest BCUT2D eigenvalue weighted by Crippen LogP contribution is -2.19. The molecule has 0 aliphatic carbocycles. The van der Waals surface area contributed by atoms with Crippen molar-refractivity contribution in [3.05, 3.63) is 36.0 Å². The molecule has 0 spiro atoms. The molecule has 0 saturated carbocycles. The van der Waals surface area contributed by atoms with Crippen LogP contribution in [0.15, 0.2) is 30.5 Å². The van der Waals surface area contributed by atoms with Crippen LogP contribution in [0, 0.1) is 5.92 Å². The van der Waals surface area contributed by atoms with Crippen molar-refractivity contribution in [1.82, 2.24) is 15.5 Å². The van der Waals surface area contributed by atoms with Crippen LogP contribution in [0.3, 0.4) is 0 Å². The second-order valence-electron chi connectivity index (χ2n) is 5.67. The van der Waals surface area contributed by atoms with Gasteiger partial charge in [-0.2, -0.15) is 5.10 Å². The molecule has 0 atom stereocenters. The molecule has 4 heteroatoms. The Bertz CT molecular complexity index is 531. The van der Waals surface area contributed by atoms with E-state index >= 15 is 0 Å². The number of ether oxygens (including phenoxy) is 1. The van der Waals surface area contributed by atoms with E-state index in [0.717, 1.165) is 43.1 Å². The summed E-state index contributed by atoms with van der Waals surface area (Å²) in [5.74, 6) is 1.56. The Labute approximate surface area is 126 Å². The van der Waals surface area contributed by atoms with Gasteiger partial charge in [0.15, 0.2) is 0 Å². The zero-order valence-electron chi connectivity index (χ0n) is 13.1. The van der Waals surface area contributed by atoms with Crippen LogP contribution < -0.4 is 10.1 Å². The summed E-state index contributed by atoms with van der Waals surface area (Å²) >= 11 is 0. The van der Waals surface area contributed by atoms with Gasteiger partial charge in [-0.05, 0) is 43.1 Å². The van der Waals surface area contributed by atoms with Gasteiger partial charge < -0.3 is 10.1 Å². The van der Waals surface area contributed by atoms with E-state index < -0.39 is 0 Å². The van der Waals surface area contributed by atoms with Crippen LogP contribution in [0.5, 0.6) is 5.75 Å². The lowest BCUT2D eigenvalue weighted by Gasteiger charge is -2.09. The third kappa shape index (κ3) is 4.60. The molecular formula is C17H25N3O. The Morgan fingerprint density at radius 1 is 1.24 bits per heavy atom. The molecular weight excluding hydrogens is 262 g/mol. The van der Waals surface area contributed by atoms with E-state index in [2.05, 4.69) is 48.4 Å². The summed E-state index contributed by atoms with van der Waals surface area (Å²) in [4.78, 5) is 0. The first kappa shape index (κ1) is 15.6. The van der Waals surface area contributed by atoms with E-state index in [0.29, 0.717) is 5.92 Å². The molecule has 0 aliphatic rings. The molecule has 2 rings (SSSR count). The first-order chi connectivity index (χ1) is 10.2. The number of hydrogen-bond acceptors (Lipinski definition) is 3. The second kappa shape index (κ2) is 7.84. The molecule has 1 aromatic carbocycles. The molecule has 0 fully saturated rings. The van der Waals surface area contributed by atoms with E-state index in [9.17, 15) is 0 Å². The first-order valence-electron chi connectivity index (χ1n) is 7.67. The van der Waals surface area contributed by atoms with Crippen molar-refractivity contribution in [3.8, 4) is 17.0 Å². The minimum Gasteiger partial charge on any atom is -0.494 e. The van der Waals surface area contributed by atoms with Gasteiger partial charge in [-0.25, -0.2) is 0 Å². The van der Waals surface area contributed by atoms with E-state index in [1.807, 2.05) is 18.3 Å². The number of hydrogen-bond donors (Lipinski definition) is 2. The molecule has 1 aromatic heterocycles. The zero-order valence-corrected chi connectivity index (χ0v) is 13.1. The molecule has 0 radical (unpaired) electrons. The average molecular weight is 287 g/mol. The number of H-pyrrole nitrogens is 1. The SMILES string of the molecule is CCCOc1ccc(-c2[nH]ncc2CNCC(C)C)cc1. The number of nitrogens with one attached hydrogen (secondary N) is 2. The molecule has 21 heavy (non-hydrogen) atoms. The number of nitrogens with zero attached hydrogens (tertiary/aromatic N) is 1. The summed E-state index contributed by atoms with van der Waals surface area (Å²) in [6.07, 6.45) is 2.91. The molecule has 0 amide bonds. The van der Waals surface area contributed by atoms with Crippen molar-refractivity contribution in [2.45, 2.75) is 33.7 Å². The highest BCUT2D eigenvalue weighted by Gasteiger charge is 2.08. The maximum absolute atomic E-state index is 5.61. The Morgan fingerprint density at radius 3 is 2.67 bits per heavy atom. The van der Waals surface area contributed by atoms with Crippen molar-refractivity contribution < 1.29 is 4.74 Å². The van der Waals surface area contributed by atoms with Gasteiger partial charge in [-0.3, -0.25) is 5.10 Å². The van der Waals surface area contributed by atoms with Crippen molar-refractivity contribution in [2.24, 2.45) is 5.92 Å². The largest absolute Gasteiger partial charge is 0.494 e. The molecule has 0 bridgehead atoms. The fraction of sp³-hybridized carbons (Fsp3) is 0.471. The zero-order chi connectivity index (χ0) is 15.1. The van der Waals surface area contributed by atoms with Crippen LogP contribution >= 0.6 is 0 Å². The Hall–Kier alpha value is -1.81. The van der Waals surface area contributed by atoms with Crippen LogP contribution in [0.25, 0.3) is 11.3 Å². The summed E-state index contributed by atoms with van der Waals surface area (Å²) < 4.78 is 5.61. The Morgan fingerprint density at radius 2 is 2.00 bits per heavy atom. The maximum Gasteiger partial charge on any atom is 0.119 e. The normalized spacial score (nSPS) is 11.0. The Balaban J connectivity index is 2.02. The molecule has 0 unspecified atom stereocenters. The van der Waals surface area contributed by atoms with Crippen molar-refractivity contribution in [1.29, 1.82) is 0 Å². The van der Waals surface area contributed by atoms with E-state index in [4.69, 9.17) is 4.74 Å². The summed E-state index contributed by atoms with van der Waals surface area (Å²) in [6.45, 7) is 9.12. The number of aromatic amines is 1. The van der Waals surface area contributed by atoms with Gasteiger partial charge in [0, 0.05) is 17.7 Å². The molecule has 4 nitrogen and oxygen atoms in total. The van der Waals surface area contributed by atoms with Crippen LogP contribution in [-0.2, 0) is 6.54 Å². The summed E-state index contributed by atoms with van der Waals surface area (Å²) in [5, 5.41) is 10.7. The number of benzene rings is 1.